The smallest absolute Gasteiger partial charge is 0.229 e. The highest BCUT2D eigenvalue weighted by atomic mass is 16.3. The molecule has 0 saturated heterocycles. The number of aliphatic hydroxyl groups is 1. The third-order valence-corrected chi connectivity index (χ3v) is 4.33. The fourth-order valence-corrected chi connectivity index (χ4v) is 2.19. The molecule has 1 aromatic heterocycles. The van der Waals surface area contributed by atoms with Crippen molar-refractivity contribution in [3.8, 4) is 0 Å². The average Bonchev–Trinajstić information content (AvgIpc) is 2.65. The number of anilines is 3. The SMILES string of the molecule is CC[C@H](CO)Nc1nc(NCc2ccccc2)nc(NC(C)C(C)C)n1. The zero-order chi connectivity index (χ0) is 18.9. The van der Waals surface area contributed by atoms with E-state index in [1.165, 1.54) is 0 Å². The third-order valence-electron chi connectivity index (χ3n) is 4.33. The Balaban J connectivity index is 2.18. The van der Waals surface area contributed by atoms with Crippen molar-refractivity contribution in [3.05, 3.63) is 35.9 Å². The molecule has 142 valence electrons. The third kappa shape index (κ3) is 6.15. The summed E-state index contributed by atoms with van der Waals surface area (Å²) in [7, 11) is 0. The number of aliphatic hydroxyl groups excluding tert-OH is 1. The van der Waals surface area contributed by atoms with E-state index in [2.05, 4.69) is 51.7 Å². The van der Waals surface area contributed by atoms with Crippen molar-refractivity contribution in [2.75, 3.05) is 22.6 Å². The minimum Gasteiger partial charge on any atom is -0.394 e. The number of nitrogens with one attached hydrogen (secondary N) is 3. The Morgan fingerprint density at radius 1 is 0.923 bits per heavy atom. The summed E-state index contributed by atoms with van der Waals surface area (Å²) in [6.45, 7) is 9.04. The van der Waals surface area contributed by atoms with Gasteiger partial charge in [0.05, 0.1) is 12.6 Å². The molecule has 0 spiro atoms. The highest BCUT2D eigenvalue weighted by molar-refractivity contribution is 5.43. The number of nitrogens with zero attached hydrogens (tertiary/aromatic N) is 3. The molecule has 1 unspecified atom stereocenters. The monoisotopic (exact) mass is 358 g/mol. The van der Waals surface area contributed by atoms with E-state index in [1.54, 1.807) is 0 Å². The van der Waals surface area contributed by atoms with E-state index in [0.717, 1.165) is 12.0 Å². The van der Waals surface area contributed by atoms with Crippen molar-refractivity contribution in [2.45, 2.75) is 52.7 Å². The maximum absolute atomic E-state index is 9.43. The van der Waals surface area contributed by atoms with E-state index in [9.17, 15) is 5.11 Å². The van der Waals surface area contributed by atoms with Crippen LogP contribution in [0.25, 0.3) is 0 Å². The molecule has 4 N–H and O–H groups in total. The molecule has 1 heterocycles. The van der Waals surface area contributed by atoms with Crippen LogP contribution in [0.4, 0.5) is 17.8 Å². The van der Waals surface area contributed by atoms with E-state index in [4.69, 9.17) is 0 Å². The lowest BCUT2D eigenvalue weighted by molar-refractivity contribution is 0.271. The topological polar surface area (TPSA) is 95.0 Å². The van der Waals surface area contributed by atoms with Crippen LogP contribution in [0.5, 0.6) is 0 Å². The van der Waals surface area contributed by atoms with Crippen LogP contribution < -0.4 is 16.0 Å². The van der Waals surface area contributed by atoms with Gasteiger partial charge in [-0.05, 0) is 24.8 Å². The maximum Gasteiger partial charge on any atom is 0.229 e. The standard InChI is InChI=1S/C19H30N6O/c1-5-16(12-26)22-19-24-17(20-11-15-9-7-6-8-10-15)23-18(25-19)21-14(4)13(2)3/h6-10,13-14,16,26H,5,11-12H2,1-4H3,(H3,20,21,22,23,24,25)/t14?,16-/m1/s1. The molecule has 2 atom stereocenters. The summed E-state index contributed by atoms with van der Waals surface area (Å²) in [5.74, 6) is 1.92. The number of rotatable bonds is 10. The first-order chi connectivity index (χ1) is 12.5. The molecule has 2 aromatic rings. The van der Waals surface area contributed by atoms with Gasteiger partial charge in [-0.25, -0.2) is 0 Å². The van der Waals surface area contributed by atoms with Gasteiger partial charge in [0.15, 0.2) is 0 Å². The van der Waals surface area contributed by atoms with E-state index in [1.807, 2.05) is 37.3 Å². The molecule has 26 heavy (non-hydrogen) atoms. The Hall–Kier alpha value is -2.41. The van der Waals surface area contributed by atoms with Crippen molar-refractivity contribution < 1.29 is 5.11 Å². The van der Waals surface area contributed by atoms with Crippen molar-refractivity contribution in [3.63, 3.8) is 0 Å². The number of hydrogen-bond acceptors (Lipinski definition) is 7. The molecule has 0 radical (unpaired) electrons. The van der Waals surface area contributed by atoms with Crippen LogP contribution in [-0.2, 0) is 6.54 Å². The van der Waals surface area contributed by atoms with Gasteiger partial charge in [-0.15, -0.1) is 0 Å². The first-order valence-corrected chi connectivity index (χ1v) is 9.19. The molecule has 0 aliphatic rings. The number of hydrogen-bond donors (Lipinski definition) is 4. The summed E-state index contributed by atoms with van der Waals surface area (Å²) in [6.07, 6.45) is 0.778. The lowest BCUT2D eigenvalue weighted by atomic mass is 10.1. The van der Waals surface area contributed by atoms with Gasteiger partial charge in [0.2, 0.25) is 17.8 Å². The second kappa shape index (κ2) is 9.91. The van der Waals surface area contributed by atoms with Crippen molar-refractivity contribution in [1.29, 1.82) is 0 Å². The first-order valence-electron chi connectivity index (χ1n) is 9.19. The molecule has 7 nitrogen and oxygen atoms in total. The van der Waals surface area contributed by atoms with Crippen molar-refractivity contribution in [2.24, 2.45) is 5.92 Å². The summed E-state index contributed by atoms with van der Waals surface area (Å²) < 4.78 is 0. The molecule has 1 aromatic carbocycles. The van der Waals surface area contributed by atoms with Gasteiger partial charge < -0.3 is 21.1 Å². The number of aromatic nitrogens is 3. The molecule has 0 amide bonds. The van der Waals surface area contributed by atoms with Crippen molar-refractivity contribution >= 4 is 17.8 Å². The Morgan fingerprint density at radius 3 is 2.12 bits per heavy atom. The van der Waals surface area contributed by atoms with Crippen LogP contribution in [0.2, 0.25) is 0 Å². The fraction of sp³-hybridized carbons (Fsp3) is 0.526. The second-order valence-corrected chi connectivity index (χ2v) is 6.75. The molecule has 0 aliphatic heterocycles. The van der Waals surface area contributed by atoms with Gasteiger partial charge in [-0.1, -0.05) is 51.1 Å². The van der Waals surface area contributed by atoms with Gasteiger partial charge in [0.25, 0.3) is 0 Å². The van der Waals surface area contributed by atoms with Gasteiger partial charge in [0.1, 0.15) is 0 Å². The largest absolute Gasteiger partial charge is 0.394 e. The van der Waals surface area contributed by atoms with E-state index in [0.29, 0.717) is 30.3 Å². The van der Waals surface area contributed by atoms with Gasteiger partial charge >= 0.3 is 0 Å². The van der Waals surface area contributed by atoms with Gasteiger partial charge in [0, 0.05) is 12.6 Å². The minimum absolute atomic E-state index is 0.0279. The van der Waals surface area contributed by atoms with Crippen LogP contribution in [-0.4, -0.2) is 38.7 Å². The molecule has 0 bridgehead atoms. The Labute approximate surface area is 155 Å². The fourth-order valence-electron chi connectivity index (χ4n) is 2.19. The van der Waals surface area contributed by atoms with Crippen LogP contribution in [0.1, 0.15) is 39.7 Å². The van der Waals surface area contributed by atoms with E-state index < -0.39 is 0 Å². The highest BCUT2D eigenvalue weighted by Gasteiger charge is 2.13. The normalized spacial score (nSPS) is 13.3. The van der Waals surface area contributed by atoms with Crippen LogP contribution >= 0.6 is 0 Å². The van der Waals surface area contributed by atoms with Crippen LogP contribution in [0.15, 0.2) is 30.3 Å². The maximum atomic E-state index is 9.43. The van der Waals surface area contributed by atoms with E-state index >= 15 is 0 Å². The van der Waals surface area contributed by atoms with Crippen LogP contribution in [0, 0.1) is 5.92 Å². The summed E-state index contributed by atoms with van der Waals surface area (Å²) in [6, 6.07) is 10.2. The lowest BCUT2D eigenvalue weighted by Crippen LogP contribution is -2.26. The zero-order valence-electron chi connectivity index (χ0n) is 16.0. The predicted octanol–water partition coefficient (Wildman–Crippen LogP) is 3.12. The molecule has 0 aliphatic carbocycles. The van der Waals surface area contributed by atoms with E-state index in [-0.39, 0.29) is 18.7 Å². The van der Waals surface area contributed by atoms with Crippen molar-refractivity contribution in [1.82, 2.24) is 15.0 Å². The van der Waals surface area contributed by atoms with Gasteiger partial charge in [-0.2, -0.15) is 15.0 Å². The quantitative estimate of drug-likeness (QED) is 0.518. The average molecular weight is 358 g/mol. The summed E-state index contributed by atoms with van der Waals surface area (Å²) >= 11 is 0. The Bertz CT molecular complexity index is 638. The zero-order valence-corrected chi connectivity index (χ0v) is 16.0. The number of benzene rings is 1. The second-order valence-electron chi connectivity index (χ2n) is 6.75. The molecule has 0 saturated carbocycles. The molecular formula is C19H30N6O. The first kappa shape index (κ1) is 19.9. The molecule has 0 fully saturated rings. The summed E-state index contributed by atoms with van der Waals surface area (Å²) in [5.41, 5.74) is 1.15. The lowest BCUT2D eigenvalue weighted by Gasteiger charge is -2.19. The Morgan fingerprint density at radius 2 is 1.54 bits per heavy atom. The molecule has 7 heteroatoms. The molecule has 2 rings (SSSR count). The Kier molecular flexibility index (Phi) is 7.59. The summed E-state index contributed by atoms with van der Waals surface area (Å²) in [5, 5.41) is 19.2. The summed E-state index contributed by atoms with van der Waals surface area (Å²) in [4.78, 5) is 13.4. The minimum atomic E-state index is -0.0882. The van der Waals surface area contributed by atoms with Gasteiger partial charge in [-0.3, -0.25) is 0 Å². The van der Waals surface area contributed by atoms with Crippen LogP contribution in [0.3, 0.4) is 0 Å². The highest BCUT2D eigenvalue weighted by Crippen LogP contribution is 2.15. The predicted molar refractivity (Wildman–Crippen MR) is 106 cm³/mol. The molecular weight excluding hydrogens is 328 g/mol.